The minimum absolute atomic E-state index is 0.0682. The number of para-hydroxylation sites is 1. The molecule has 4 aromatic rings. The Morgan fingerprint density at radius 3 is 2.69 bits per heavy atom. The van der Waals surface area contributed by atoms with Crippen molar-refractivity contribution in [3.8, 4) is 33.8 Å². The Kier molecular flexibility index (Phi) is 4.27. The highest BCUT2D eigenvalue weighted by Gasteiger charge is 2.17. The SMILES string of the molecule is COc1ccc(-c2noc(-c3nc4c(CO)cccc4s3)n2)cc1OC. The molecule has 2 aromatic carbocycles. The molecule has 0 fully saturated rings. The van der Waals surface area contributed by atoms with Gasteiger partial charge in [-0.15, -0.1) is 11.3 Å². The van der Waals surface area contributed by atoms with Crippen molar-refractivity contribution in [2.75, 3.05) is 14.2 Å². The summed E-state index contributed by atoms with van der Waals surface area (Å²) in [5.41, 5.74) is 2.26. The zero-order valence-corrected chi connectivity index (χ0v) is 14.9. The molecule has 0 saturated carbocycles. The second-order valence-corrected chi connectivity index (χ2v) is 6.46. The fourth-order valence-corrected chi connectivity index (χ4v) is 3.56. The summed E-state index contributed by atoms with van der Waals surface area (Å²) in [6, 6.07) is 11.1. The highest BCUT2D eigenvalue weighted by molar-refractivity contribution is 7.21. The molecule has 0 atom stereocenters. The van der Waals surface area contributed by atoms with Crippen molar-refractivity contribution in [1.82, 2.24) is 15.1 Å². The fraction of sp³-hybridized carbons (Fsp3) is 0.167. The summed E-state index contributed by atoms with van der Waals surface area (Å²) in [5.74, 6) is 1.98. The van der Waals surface area contributed by atoms with Gasteiger partial charge in [0.05, 0.1) is 31.0 Å². The molecule has 2 aromatic heterocycles. The highest BCUT2D eigenvalue weighted by atomic mass is 32.1. The molecule has 8 heteroatoms. The van der Waals surface area contributed by atoms with E-state index < -0.39 is 0 Å². The zero-order valence-electron chi connectivity index (χ0n) is 14.1. The van der Waals surface area contributed by atoms with Gasteiger partial charge in [-0.2, -0.15) is 4.98 Å². The van der Waals surface area contributed by atoms with Gasteiger partial charge >= 0.3 is 0 Å². The number of fused-ring (bicyclic) bond motifs is 1. The fourth-order valence-electron chi connectivity index (χ4n) is 2.63. The van der Waals surface area contributed by atoms with Crippen LogP contribution in [0.25, 0.3) is 32.5 Å². The van der Waals surface area contributed by atoms with Crippen LogP contribution in [0.3, 0.4) is 0 Å². The molecule has 0 amide bonds. The van der Waals surface area contributed by atoms with Crippen LogP contribution in [0, 0.1) is 0 Å². The van der Waals surface area contributed by atoms with Crippen LogP contribution in [0.5, 0.6) is 11.5 Å². The number of hydrogen-bond donors (Lipinski definition) is 1. The van der Waals surface area contributed by atoms with Crippen LogP contribution in [0.1, 0.15) is 5.56 Å². The zero-order chi connectivity index (χ0) is 18.1. The van der Waals surface area contributed by atoms with Crippen molar-refractivity contribution < 1.29 is 19.1 Å². The Labute approximate surface area is 152 Å². The van der Waals surface area contributed by atoms with Gasteiger partial charge in [-0.25, -0.2) is 4.98 Å². The van der Waals surface area contributed by atoms with Crippen LogP contribution in [-0.4, -0.2) is 34.5 Å². The number of benzene rings is 2. The molecule has 132 valence electrons. The van der Waals surface area contributed by atoms with Crippen LogP contribution in [0.4, 0.5) is 0 Å². The summed E-state index contributed by atoms with van der Waals surface area (Å²) in [6.45, 7) is -0.0682. The minimum atomic E-state index is -0.0682. The number of ether oxygens (including phenoxy) is 2. The van der Waals surface area contributed by atoms with Crippen LogP contribution in [0.15, 0.2) is 40.9 Å². The number of aromatic nitrogens is 3. The smallest absolute Gasteiger partial charge is 0.287 e. The first-order valence-electron chi connectivity index (χ1n) is 7.79. The van der Waals surface area contributed by atoms with Gasteiger partial charge in [0.2, 0.25) is 5.82 Å². The Hall–Kier alpha value is -2.97. The average Bonchev–Trinajstić information content (AvgIpc) is 3.33. The molecule has 1 N–H and O–H groups in total. The molecule has 2 heterocycles. The van der Waals surface area contributed by atoms with Crippen molar-refractivity contribution in [2.45, 2.75) is 6.61 Å². The Bertz CT molecular complexity index is 1070. The second-order valence-electron chi connectivity index (χ2n) is 5.43. The molecule has 0 aliphatic rings. The maximum absolute atomic E-state index is 9.45. The maximum Gasteiger partial charge on any atom is 0.287 e. The summed E-state index contributed by atoms with van der Waals surface area (Å²) >= 11 is 1.44. The van der Waals surface area contributed by atoms with Crippen molar-refractivity contribution in [2.24, 2.45) is 0 Å². The van der Waals surface area contributed by atoms with E-state index in [0.717, 1.165) is 21.3 Å². The molecule has 0 bridgehead atoms. The van der Waals surface area contributed by atoms with Gasteiger partial charge in [-0.1, -0.05) is 17.3 Å². The van der Waals surface area contributed by atoms with Crippen LogP contribution < -0.4 is 9.47 Å². The molecule has 7 nitrogen and oxygen atoms in total. The van der Waals surface area contributed by atoms with Gasteiger partial charge in [0.1, 0.15) is 0 Å². The summed E-state index contributed by atoms with van der Waals surface area (Å²) in [4.78, 5) is 8.98. The molecule has 0 saturated heterocycles. The summed E-state index contributed by atoms with van der Waals surface area (Å²) in [5, 5.41) is 14.1. The van der Waals surface area contributed by atoms with E-state index in [-0.39, 0.29) is 6.61 Å². The van der Waals surface area contributed by atoms with Gasteiger partial charge in [0, 0.05) is 11.1 Å². The second kappa shape index (κ2) is 6.74. The van der Waals surface area contributed by atoms with Crippen molar-refractivity contribution in [3.63, 3.8) is 0 Å². The predicted molar refractivity (Wildman–Crippen MR) is 97.4 cm³/mol. The number of thiazole rings is 1. The van der Waals surface area contributed by atoms with E-state index in [1.807, 2.05) is 24.3 Å². The maximum atomic E-state index is 9.45. The number of methoxy groups -OCH3 is 2. The molecule has 0 radical (unpaired) electrons. The third kappa shape index (κ3) is 2.79. The average molecular weight is 369 g/mol. The van der Waals surface area contributed by atoms with Gasteiger partial charge in [0.25, 0.3) is 5.89 Å². The lowest BCUT2D eigenvalue weighted by molar-refractivity contribution is 0.283. The Balaban J connectivity index is 1.72. The predicted octanol–water partition coefficient (Wildman–Crippen LogP) is 3.52. The van der Waals surface area contributed by atoms with Gasteiger partial charge in [0.15, 0.2) is 16.5 Å². The third-order valence-electron chi connectivity index (χ3n) is 3.92. The largest absolute Gasteiger partial charge is 0.493 e. The molecule has 0 unspecified atom stereocenters. The molecule has 4 rings (SSSR count). The van der Waals surface area contributed by atoms with E-state index in [2.05, 4.69) is 15.1 Å². The Morgan fingerprint density at radius 1 is 1.08 bits per heavy atom. The molecular formula is C18H15N3O4S. The highest BCUT2D eigenvalue weighted by Crippen LogP contribution is 2.34. The van der Waals surface area contributed by atoms with Gasteiger partial charge in [-0.05, 0) is 24.3 Å². The molecule has 0 aliphatic carbocycles. The molecular weight excluding hydrogens is 354 g/mol. The first-order valence-corrected chi connectivity index (χ1v) is 8.61. The molecule has 0 aliphatic heterocycles. The van der Waals surface area contributed by atoms with E-state index in [4.69, 9.17) is 14.0 Å². The summed E-state index contributed by atoms with van der Waals surface area (Å²) < 4.78 is 16.9. The van der Waals surface area contributed by atoms with Crippen molar-refractivity contribution in [3.05, 3.63) is 42.0 Å². The van der Waals surface area contributed by atoms with Crippen molar-refractivity contribution >= 4 is 21.6 Å². The monoisotopic (exact) mass is 369 g/mol. The minimum Gasteiger partial charge on any atom is -0.493 e. The topological polar surface area (TPSA) is 90.5 Å². The lowest BCUT2D eigenvalue weighted by Gasteiger charge is -2.07. The quantitative estimate of drug-likeness (QED) is 0.575. The van der Waals surface area contributed by atoms with Crippen LogP contribution in [-0.2, 0) is 6.61 Å². The number of nitrogens with zero attached hydrogens (tertiary/aromatic N) is 3. The van der Waals surface area contributed by atoms with Gasteiger partial charge in [-0.3, -0.25) is 0 Å². The summed E-state index contributed by atoms with van der Waals surface area (Å²) in [6.07, 6.45) is 0. The standard InChI is InChI=1S/C18H15N3O4S/c1-23-12-7-6-10(8-13(12)24-2)16-20-17(25-21-16)18-19-15-11(9-22)4-3-5-14(15)26-18/h3-8,22H,9H2,1-2H3. The van der Waals surface area contributed by atoms with E-state index in [1.54, 1.807) is 26.4 Å². The Morgan fingerprint density at radius 2 is 1.92 bits per heavy atom. The third-order valence-corrected chi connectivity index (χ3v) is 4.93. The molecule has 0 spiro atoms. The van der Waals surface area contributed by atoms with Gasteiger partial charge < -0.3 is 19.1 Å². The van der Waals surface area contributed by atoms with E-state index in [1.165, 1.54) is 11.3 Å². The summed E-state index contributed by atoms with van der Waals surface area (Å²) in [7, 11) is 3.15. The van der Waals surface area contributed by atoms with E-state index in [9.17, 15) is 5.11 Å². The lowest BCUT2D eigenvalue weighted by Crippen LogP contribution is -1.91. The normalized spacial score (nSPS) is 11.0. The van der Waals surface area contributed by atoms with Crippen molar-refractivity contribution in [1.29, 1.82) is 0 Å². The van der Waals surface area contributed by atoms with Crippen LogP contribution in [0.2, 0.25) is 0 Å². The number of aliphatic hydroxyl groups is 1. The number of aliphatic hydroxyl groups excluding tert-OH is 1. The first-order chi connectivity index (χ1) is 12.7. The molecule has 26 heavy (non-hydrogen) atoms. The number of rotatable bonds is 5. The van der Waals surface area contributed by atoms with E-state index >= 15 is 0 Å². The lowest BCUT2D eigenvalue weighted by atomic mass is 10.2. The number of hydrogen-bond acceptors (Lipinski definition) is 8. The van der Waals surface area contributed by atoms with E-state index in [0.29, 0.717) is 28.2 Å². The van der Waals surface area contributed by atoms with Crippen LogP contribution >= 0.6 is 11.3 Å². The first kappa shape index (κ1) is 16.5.